The summed E-state index contributed by atoms with van der Waals surface area (Å²) < 4.78 is 0. The Hall–Kier alpha value is 0.570. The molecule has 0 saturated heterocycles. The first-order chi connectivity index (χ1) is 5.36. The number of carboxylic acid groups (broad SMARTS) is 2. The van der Waals surface area contributed by atoms with E-state index in [1.54, 1.807) is 0 Å². The number of hydrogen-bond donors (Lipinski definition) is 1. The van der Waals surface area contributed by atoms with Crippen molar-refractivity contribution in [2.45, 2.75) is 20.1 Å². The zero-order valence-electron chi connectivity index (χ0n) is 8.68. The molecule has 0 aliphatic carbocycles. The van der Waals surface area contributed by atoms with E-state index in [-0.39, 0.29) is 59.1 Å². The van der Waals surface area contributed by atoms with Crippen molar-refractivity contribution < 1.29 is 84.0 Å². The van der Waals surface area contributed by atoms with Crippen molar-refractivity contribution in [3.8, 4) is 0 Å². The van der Waals surface area contributed by atoms with E-state index in [0.717, 1.165) is 6.92 Å². The predicted molar refractivity (Wildman–Crippen MR) is 35.9 cm³/mol. The first kappa shape index (κ1) is 24.0. The molecule has 0 aromatic carbocycles. The number of carboxylic acids is 2. The van der Waals surface area contributed by atoms with Gasteiger partial charge in [-0.1, -0.05) is 0 Å². The van der Waals surface area contributed by atoms with Crippen LogP contribution in [0, 0.1) is 0 Å². The fraction of sp³-hybridized carbons (Fsp3) is 0.500. The Kier molecular flexibility index (Phi) is 27.5. The van der Waals surface area contributed by atoms with Gasteiger partial charge in [-0.05, 0) is 13.8 Å². The van der Waals surface area contributed by atoms with Gasteiger partial charge in [-0.3, -0.25) is 4.99 Å². The molecular formula is C6H9NNa2O5. The van der Waals surface area contributed by atoms with Crippen molar-refractivity contribution in [1.29, 1.82) is 0 Å². The maximum absolute atomic E-state index is 9.53. The van der Waals surface area contributed by atoms with Crippen LogP contribution in [0.5, 0.6) is 0 Å². The van der Waals surface area contributed by atoms with Crippen molar-refractivity contribution in [2.75, 3.05) is 0 Å². The van der Waals surface area contributed by atoms with E-state index in [9.17, 15) is 9.90 Å². The molecule has 0 spiro atoms. The molecule has 14 heavy (non-hydrogen) atoms. The summed E-state index contributed by atoms with van der Waals surface area (Å²) in [4.78, 5) is 21.5. The van der Waals surface area contributed by atoms with Gasteiger partial charge in [-0.25, -0.2) is 0 Å². The molecule has 0 aliphatic heterocycles. The Balaban J connectivity index is -0.0000000733. The molecule has 1 atom stereocenters. The zero-order valence-corrected chi connectivity index (χ0v) is 12.7. The smallest absolute Gasteiger partial charge is 0.550 e. The number of rotatable bonds is 2. The van der Waals surface area contributed by atoms with E-state index in [0.29, 0.717) is 6.21 Å². The second-order valence-electron chi connectivity index (χ2n) is 1.72. The average molecular weight is 221 g/mol. The Bertz CT molecular complexity index is 179. The summed E-state index contributed by atoms with van der Waals surface area (Å²) in [5.74, 6) is -2.48. The van der Waals surface area contributed by atoms with Crippen LogP contribution in [0.1, 0.15) is 13.8 Å². The normalized spacial score (nSPS) is 9.93. The minimum atomic E-state index is -1.40. The molecule has 1 N–H and O–H groups in total. The van der Waals surface area contributed by atoms with Gasteiger partial charge < -0.3 is 24.9 Å². The van der Waals surface area contributed by atoms with E-state index in [1.807, 2.05) is 0 Å². The van der Waals surface area contributed by atoms with E-state index in [4.69, 9.17) is 15.0 Å². The molecule has 1 unspecified atom stereocenters. The third-order valence-electron chi connectivity index (χ3n) is 0.396. The molecule has 6 nitrogen and oxygen atoms in total. The van der Waals surface area contributed by atoms with Crippen molar-refractivity contribution in [2.24, 2.45) is 4.99 Å². The summed E-state index contributed by atoms with van der Waals surface area (Å²) in [5, 5.41) is 26.7. The molecule has 0 heterocycles. The largest absolute Gasteiger partial charge is 1.00 e. The van der Waals surface area contributed by atoms with Crippen molar-refractivity contribution in [3.05, 3.63) is 0 Å². The maximum atomic E-state index is 9.53. The third-order valence-corrected chi connectivity index (χ3v) is 0.396. The Morgan fingerprint density at radius 2 is 1.64 bits per heavy atom. The van der Waals surface area contributed by atoms with Gasteiger partial charge in [0.1, 0.15) is 6.23 Å². The monoisotopic (exact) mass is 221 g/mol. The van der Waals surface area contributed by atoms with Crippen molar-refractivity contribution >= 4 is 18.2 Å². The van der Waals surface area contributed by atoms with Gasteiger partial charge in [0.25, 0.3) is 0 Å². The molecule has 0 aromatic heterocycles. The van der Waals surface area contributed by atoms with Crippen LogP contribution in [-0.4, -0.2) is 29.5 Å². The molecule has 0 bridgehead atoms. The van der Waals surface area contributed by atoms with Crippen LogP contribution in [0.25, 0.3) is 0 Å². The molecule has 0 amide bonds. The summed E-state index contributed by atoms with van der Waals surface area (Å²) in [6.45, 7) is 2.32. The maximum Gasteiger partial charge on any atom is 1.00 e. The van der Waals surface area contributed by atoms with Gasteiger partial charge >= 0.3 is 59.1 Å². The van der Waals surface area contributed by atoms with E-state index < -0.39 is 18.2 Å². The fourth-order valence-electron chi connectivity index (χ4n) is 0.169. The van der Waals surface area contributed by atoms with Crippen LogP contribution >= 0.6 is 0 Å². The molecular weight excluding hydrogens is 212 g/mol. The number of nitrogens with zero attached hydrogens (tertiary/aromatic N) is 1. The summed E-state index contributed by atoms with van der Waals surface area (Å²) in [6.07, 6.45) is -0.419. The van der Waals surface area contributed by atoms with Gasteiger partial charge in [0, 0.05) is 12.2 Å². The third kappa shape index (κ3) is 54.2. The number of aliphatic hydroxyl groups is 1. The number of aliphatic carboxylic acids is 2. The SMILES string of the molecule is CC(=O)[O-].CC(O)N=CC(=O)[O-].[Na+].[Na+]. The van der Waals surface area contributed by atoms with Gasteiger partial charge in [-0.15, -0.1) is 0 Å². The fourth-order valence-corrected chi connectivity index (χ4v) is 0.169. The quantitative estimate of drug-likeness (QED) is 0.367. The van der Waals surface area contributed by atoms with Crippen LogP contribution < -0.4 is 69.3 Å². The van der Waals surface area contributed by atoms with Crippen LogP contribution in [0.2, 0.25) is 0 Å². The summed E-state index contributed by atoms with van der Waals surface area (Å²) in [5.41, 5.74) is 0. The standard InChI is InChI=1S/C4H7NO3.C2H4O2.2Na/c1-3(6)5-2-4(7)8;1-2(3)4;;/h2-3,6H,1H3,(H,7,8);1H3,(H,3,4);;/q;;2*+1/p-2. The Morgan fingerprint density at radius 3 is 1.71 bits per heavy atom. The molecule has 0 radical (unpaired) electrons. The van der Waals surface area contributed by atoms with Crippen LogP contribution in [0.3, 0.4) is 0 Å². The number of hydrogen-bond acceptors (Lipinski definition) is 6. The van der Waals surface area contributed by atoms with Crippen LogP contribution in [0.4, 0.5) is 0 Å². The molecule has 0 fully saturated rings. The minimum absolute atomic E-state index is 0. The number of aliphatic hydroxyl groups excluding tert-OH is 1. The molecule has 70 valence electrons. The van der Waals surface area contributed by atoms with Gasteiger partial charge in [0.05, 0.1) is 5.97 Å². The Labute approximate surface area is 126 Å². The molecule has 0 aliphatic rings. The van der Waals surface area contributed by atoms with Gasteiger partial charge in [-0.2, -0.15) is 0 Å². The molecule has 0 aromatic rings. The molecule has 0 saturated carbocycles. The molecule has 0 rings (SSSR count). The van der Waals surface area contributed by atoms with Crippen molar-refractivity contribution in [3.63, 3.8) is 0 Å². The van der Waals surface area contributed by atoms with Gasteiger partial charge in [0.2, 0.25) is 0 Å². The number of carbonyl (C=O) groups excluding carboxylic acids is 2. The predicted octanol–water partition coefficient (Wildman–Crippen LogP) is -9.09. The number of aliphatic imine (C=N–C) groups is 1. The van der Waals surface area contributed by atoms with Crippen LogP contribution in [0.15, 0.2) is 4.99 Å². The first-order valence-corrected chi connectivity index (χ1v) is 2.96. The zero-order chi connectivity index (χ0) is 10.1. The topological polar surface area (TPSA) is 113 Å². The summed E-state index contributed by atoms with van der Waals surface area (Å²) in [6, 6.07) is 0. The van der Waals surface area contributed by atoms with Gasteiger partial charge in [0.15, 0.2) is 0 Å². The average Bonchev–Trinajstić information content (AvgIpc) is 1.82. The van der Waals surface area contributed by atoms with E-state index in [1.165, 1.54) is 6.92 Å². The Morgan fingerprint density at radius 1 is 1.36 bits per heavy atom. The summed E-state index contributed by atoms with van der Waals surface area (Å²) in [7, 11) is 0. The second kappa shape index (κ2) is 16.0. The van der Waals surface area contributed by atoms with E-state index >= 15 is 0 Å². The summed E-state index contributed by atoms with van der Waals surface area (Å²) >= 11 is 0. The first-order valence-electron chi connectivity index (χ1n) is 2.96. The molecule has 8 heteroatoms. The van der Waals surface area contributed by atoms with Crippen LogP contribution in [-0.2, 0) is 9.59 Å². The number of carbonyl (C=O) groups is 2. The van der Waals surface area contributed by atoms with E-state index in [2.05, 4.69) is 4.99 Å². The second-order valence-corrected chi connectivity index (χ2v) is 1.72. The van der Waals surface area contributed by atoms with Crippen molar-refractivity contribution in [1.82, 2.24) is 0 Å². The minimum Gasteiger partial charge on any atom is -0.550 e.